The molecule has 1 rings (SSSR count). The van der Waals surface area contributed by atoms with Crippen LogP contribution in [0.2, 0.25) is 0 Å². The maximum Gasteiger partial charge on any atom is -0.00672 e. The van der Waals surface area contributed by atoms with Gasteiger partial charge in [-0.2, -0.15) is 11.8 Å². The Balaban J connectivity index is 0.000000211. The molecule has 1 aliphatic rings. The molecule has 0 amide bonds. The number of hydrogen-bond acceptors (Lipinski definition) is 1. The Kier molecular flexibility index (Phi) is 11.7. The Hall–Kier alpha value is 0.350. The highest BCUT2D eigenvalue weighted by molar-refractivity contribution is 7.99. The molecule has 0 aromatic heterocycles. The summed E-state index contributed by atoms with van der Waals surface area (Å²) in [6.45, 7) is 4.49. The molecule has 0 spiro atoms. The lowest BCUT2D eigenvalue weighted by Gasteiger charge is -1.90. The van der Waals surface area contributed by atoms with E-state index in [1.165, 1.54) is 56.5 Å². The van der Waals surface area contributed by atoms with Crippen molar-refractivity contribution >= 4 is 11.8 Å². The van der Waals surface area contributed by atoms with Gasteiger partial charge in [0.05, 0.1) is 0 Å². The van der Waals surface area contributed by atoms with Crippen LogP contribution in [0.25, 0.3) is 0 Å². The van der Waals surface area contributed by atoms with Crippen molar-refractivity contribution in [3.8, 4) is 0 Å². The monoisotopic (exact) mass is 188 g/mol. The third kappa shape index (κ3) is 10.3. The summed E-state index contributed by atoms with van der Waals surface area (Å²) in [5, 5.41) is 0. The molecular weight excluding hydrogens is 164 g/mol. The standard InChI is InChI=1S/C7H16.C4H8S/c1-3-5-7-6-4-2;1-2-4-5-3-1/h3-7H2,1-2H3;1-4H2. The highest BCUT2D eigenvalue weighted by Crippen LogP contribution is 2.14. The van der Waals surface area contributed by atoms with Gasteiger partial charge in [-0.3, -0.25) is 0 Å². The summed E-state index contributed by atoms with van der Waals surface area (Å²) in [4.78, 5) is 0. The van der Waals surface area contributed by atoms with E-state index in [9.17, 15) is 0 Å². The van der Waals surface area contributed by atoms with Gasteiger partial charge >= 0.3 is 0 Å². The van der Waals surface area contributed by atoms with E-state index in [1.807, 2.05) is 0 Å². The number of thioether (sulfide) groups is 1. The van der Waals surface area contributed by atoms with Crippen LogP contribution in [-0.2, 0) is 0 Å². The molecule has 74 valence electrons. The summed E-state index contributed by atoms with van der Waals surface area (Å²) in [5.41, 5.74) is 0. The van der Waals surface area contributed by atoms with Gasteiger partial charge in [0.1, 0.15) is 0 Å². The maximum absolute atomic E-state index is 2.25. The van der Waals surface area contributed by atoms with Gasteiger partial charge < -0.3 is 0 Å². The molecule has 0 bridgehead atoms. The van der Waals surface area contributed by atoms with Crippen LogP contribution in [0.4, 0.5) is 0 Å². The van der Waals surface area contributed by atoms with Crippen LogP contribution in [0.15, 0.2) is 0 Å². The summed E-state index contributed by atoms with van der Waals surface area (Å²) in [6, 6.07) is 0. The largest absolute Gasteiger partial charge is 0.162 e. The molecule has 0 aliphatic carbocycles. The zero-order chi connectivity index (χ0) is 9.07. The third-order valence-corrected chi connectivity index (χ3v) is 3.19. The topological polar surface area (TPSA) is 0 Å². The van der Waals surface area contributed by atoms with Gasteiger partial charge in [0.2, 0.25) is 0 Å². The van der Waals surface area contributed by atoms with Gasteiger partial charge in [-0.1, -0.05) is 46.0 Å². The minimum atomic E-state index is 1.36. The smallest absolute Gasteiger partial charge is 0.00672 e. The van der Waals surface area contributed by atoms with Crippen molar-refractivity contribution in [1.29, 1.82) is 0 Å². The minimum Gasteiger partial charge on any atom is -0.162 e. The molecule has 12 heavy (non-hydrogen) atoms. The second kappa shape index (κ2) is 11.4. The van der Waals surface area contributed by atoms with Crippen molar-refractivity contribution in [3.63, 3.8) is 0 Å². The lowest BCUT2D eigenvalue weighted by Crippen LogP contribution is -1.70. The van der Waals surface area contributed by atoms with Crippen molar-refractivity contribution in [1.82, 2.24) is 0 Å². The average molecular weight is 188 g/mol. The van der Waals surface area contributed by atoms with E-state index >= 15 is 0 Å². The van der Waals surface area contributed by atoms with Crippen LogP contribution < -0.4 is 0 Å². The van der Waals surface area contributed by atoms with Gasteiger partial charge in [-0.15, -0.1) is 0 Å². The van der Waals surface area contributed by atoms with E-state index in [4.69, 9.17) is 0 Å². The fourth-order valence-corrected chi connectivity index (χ4v) is 2.21. The lowest BCUT2D eigenvalue weighted by molar-refractivity contribution is 0.656. The SMILES string of the molecule is C1CCSC1.CCCCCCC. The zero-order valence-electron chi connectivity index (χ0n) is 8.77. The normalized spacial score (nSPS) is 15.5. The first-order valence-electron chi connectivity index (χ1n) is 5.49. The number of hydrogen-bond donors (Lipinski definition) is 0. The Morgan fingerprint density at radius 1 is 0.833 bits per heavy atom. The molecule has 0 aromatic rings. The zero-order valence-corrected chi connectivity index (χ0v) is 9.59. The summed E-state index contributed by atoms with van der Waals surface area (Å²) in [5.74, 6) is 2.83. The summed E-state index contributed by atoms with van der Waals surface area (Å²) in [6.07, 6.45) is 9.93. The fourth-order valence-electron chi connectivity index (χ4n) is 1.19. The first-order valence-corrected chi connectivity index (χ1v) is 6.65. The second-order valence-electron chi connectivity index (χ2n) is 3.38. The lowest BCUT2D eigenvalue weighted by atomic mass is 10.2. The van der Waals surface area contributed by atoms with Gasteiger partial charge in [0.25, 0.3) is 0 Å². The molecule has 0 N–H and O–H groups in total. The van der Waals surface area contributed by atoms with Crippen molar-refractivity contribution in [2.75, 3.05) is 11.5 Å². The van der Waals surface area contributed by atoms with Gasteiger partial charge in [0.15, 0.2) is 0 Å². The first kappa shape index (κ1) is 12.3. The van der Waals surface area contributed by atoms with Crippen molar-refractivity contribution in [2.45, 2.75) is 58.8 Å². The first-order chi connectivity index (χ1) is 5.91. The molecule has 1 fully saturated rings. The summed E-state index contributed by atoms with van der Waals surface area (Å²) >= 11 is 2.07. The summed E-state index contributed by atoms with van der Waals surface area (Å²) in [7, 11) is 0. The number of unbranched alkanes of at least 4 members (excludes halogenated alkanes) is 4. The number of rotatable bonds is 4. The van der Waals surface area contributed by atoms with Gasteiger partial charge in [0, 0.05) is 0 Å². The highest BCUT2D eigenvalue weighted by Gasteiger charge is 1.95. The van der Waals surface area contributed by atoms with Crippen LogP contribution in [0.3, 0.4) is 0 Å². The molecule has 0 saturated carbocycles. The predicted molar refractivity (Wildman–Crippen MR) is 61.0 cm³/mol. The van der Waals surface area contributed by atoms with Crippen LogP contribution in [0.1, 0.15) is 58.8 Å². The van der Waals surface area contributed by atoms with E-state index in [0.717, 1.165) is 0 Å². The van der Waals surface area contributed by atoms with Crippen LogP contribution in [0.5, 0.6) is 0 Å². The molecule has 1 aliphatic heterocycles. The Morgan fingerprint density at radius 2 is 1.33 bits per heavy atom. The Labute approximate surface area is 82.5 Å². The van der Waals surface area contributed by atoms with E-state index in [0.29, 0.717) is 0 Å². The molecule has 0 unspecified atom stereocenters. The van der Waals surface area contributed by atoms with E-state index < -0.39 is 0 Å². The molecule has 0 nitrogen and oxygen atoms in total. The quantitative estimate of drug-likeness (QED) is 0.586. The second-order valence-corrected chi connectivity index (χ2v) is 4.60. The predicted octanol–water partition coefficient (Wildman–Crippen LogP) is 4.49. The third-order valence-electron chi connectivity index (χ3n) is 2.03. The van der Waals surface area contributed by atoms with Gasteiger partial charge in [-0.05, 0) is 24.3 Å². The van der Waals surface area contributed by atoms with Crippen molar-refractivity contribution in [3.05, 3.63) is 0 Å². The minimum absolute atomic E-state index is 1.36. The average Bonchev–Trinajstić information content (AvgIpc) is 2.62. The van der Waals surface area contributed by atoms with Crippen LogP contribution >= 0.6 is 11.8 Å². The van der Waals surface area contributed by atoms with Crippen molar-refractivity contribution in [2.24, 2.45) is 0 Å². The molecule has 1 saturated heterocycles. The van der Waals surface area contributed by atoms with E-state index in [1.54, 1.807) is 0 Å². The van der Waals surface area contributed by atoms with Crippen LogP contribution in [0, 0.1) is 0 Å². The molecule has 0 radical (unpaired) electrons. The Bertz CT molecular complexity index is 55.8. The highest BCUT2D eigenvalue weighted by atomic mass is 32.2. The van der Waals surface area contributed by atoms with E-state index in [-0.39, 0.29) is 0 Å². The van der Waals surface area contributed by atoms with Crippen molar-refractivity contribution < 1.29 is 0 Å². The van der Waals surface area contributed by atoms with E-state index in [2.05, 4.69) is 25.6 Å². The van der Waals surface area contributed by atoms with Crippen LogP contribution in [-0.4, -0.2) is 11.5 Å². The molecule has 1 heterocycles. The van der Waals surface area contributed by atoms with Gasteiger partial charge in [-0.25, -0.2) is 0 Å². The molecular formula is C11H24S. The maximum atomic E-state index is 2.25. The molecule has 0 atom stereocenters. The fraction of sp³-hybridized carbons (Fsp3) is 1.00. The molecule has 1 heteroatoms. The Morgan fingerprint density at radius 3 is 1.58 bits per heavy atom. The molecule has 0 aromatic carbocycles. The summed E-state index contributed by atoms with van der Waals surface area (Å²) < 4.78 is 0.